The Morgan fingerprint density at radius 2 is 1.80 bits per heavy atom. The number of nitrogens with zero attached hydrogens (tertiary/aromatic N) is 2. The Labute approximate surface area is 179 Å². The van der Waals surface area contributed by atoms with Gasteiger partial charge in [-0.15, -0.1) is 0 Å². The zero-order chi connectivity index (χ0) is 21.7. The summed E-state index contributed by atoms with van der Waals surface area (Å²) in [4.78, 5) is 16.6. The van der Waals surface area contributed by atoms with Gasteiger partial charge in [-0.05, 0) is 50.1 Å². The normalized spacial score (nSPS) is 14.8. The maximum atomic E-state index is 13.2. The molecule has 1 heterocycles. The molecule has 0 spiro atoms. The molecule has 1 aliphatic rings. The lowest BCUT2D eigenvalue weighted by Crippen LogP contribution is -2.33. The van der Waals surface area contributed by atoms with E-state index >= 15 is 0 Å². The van der Waals surface area contributed by atoms with Crippen LogP contribution in [0.5, 0.6) is 0 Å². The molecule has 0 unspecified atom stereocenters. The van der Waals surface area contributed by atoms with E-state index in [1.165, 1.54) is 18.6 Å². The number of carbonyl (C=O) groups is 1. The van der Waals surface area contributed by atoms with Gasteiger partial charge in [0.2, 0.25) is 5.91 Å². The summed E-state index contributed by atoms with van der Waals surface area (Å²) < 4.78 is 39.7. The number of carbonyl (C=O) groups excluding carboxylic acids is 1. The van der Waals surface area contributed by atoms with E-state index in [0.29, 0.717) is 6.54 Å². The fourth-order valence-electron chi connectivity index (χ4n) is 3.75. The maximum absolute atomic E-state index is 13.2. The van der Waals surface area contributed by atoms with Gasteiger partial charge in [0.1, 0.15) is 0 Å². The lowest BCUT2D eigenvalue weighted by molar-refractivity contribution is -0.137. The number of hydrogen-bond donors (Lipinski definition) is 1. The van der Waals surface area contributed by atoms with Crippen LogP contribution in [-0.4, -0.2) is 37.5 Å². The third-order valence-electron chi connectivity index (χ3n) is 5.13. The quantitative estimate of drug-likeness (QED) is 0.652. The molecule has 3 rings (SSSR count). The molecule has 0 bridgehead atoms. The predicted octanol–water partition coefficient (Wildman–Crippen LogP) is 5.42. The highest BCUT2D eigenvalue weighted by atomic mass is 35.5. The van der Waals surface area contributed by atoms with Crippen molar-refractivity contribution < 1.29 is 18.0 Å². The van der Waals surface area contributed by atoms with E-state index in [9.17, 15) is 18.0 Å². The minimum absolute atomic E-state index is 0.0587. The van der Waals surface area contributed by atoms with Gasteiger partial charge in [-0.3, -0.25) is 9.69 Å². The summed E-state index contributed by atoms with van der Waals surface area (Å²) in [5.41, 5.74) is 0.874. The molecule has 2 aromatic rings. The summed E-state index contributed by atoms with van der Waals surface area (Å²) in [7, 11) is 1.77. The summed E-state index contributed by atoms with van der Waals surface area (Å²) in [5, 5.41) is 2.19. The van der Waals surface area contributed by atoms with Gasteiger partial charge in [-0.1, -0.05) is 35.9 Å². The minimum atomic E-state index is -4.60. The van der Waals surface area contributed by atoms with Crippen LogP contribution in [0.3, 0.4) is 0 Å². The van der Waals surface area contributed by atoms with Crippen LogP contribution in [0.25, 0.3) is 0 Å². The van der Waals surface area contributed by atoms with Crippen molar-refractivity contribution in [3.8, 4) is 0 Å². The minimum Gasteiger partial charge on any atom is -0.371 e. The summed E-state index contributed by atoms with van der Waals surface area (Å²) >= 11 is 5.92. The highest BCUT2D eigenvalue weighted by Gasteiger charge is 2.34. The Bertz CT molecular complexity index is 882. The topological polar surface area (TPSA) is 35.6 Å². The number of anilines is 2. The van der Waals surface area contributed by atoms with Crippen molar-refractivity contribution in [2.45, 2.75) is 32.0 Å². The van der Waals surface area contributed by atoms with E-state index < -0.39 is 23.3 Å². The number of piperidine rings is 1. The number of hydrogen-bond acceptors (Lipinski definition) is 3. The zero-order valence-electron chi connectivity index (χ0n) is 16.8. The van der Waals surface area contributed by atoms with E-state index in [4.69, 9.17) is 11.6 Å². The molecular weight excluding hydrogens is 415 g/mol. The molecule has 8 heteroatoms. The molecule has 2 aromatic carbocycles. The Balaban J connectivity index is 1.67. The number of likely N-dealkylation sites (N-methyl/N-ethyl adjacent to an activating group) is 1. The molecule has 1 N–H and O–H groups in total. The maximum Gasteiger partial charge on any atom is 0.418 e. The molecule has 1 fully saturated rings. The number of para-hydroxylation sites is 2. The highest BCUT2D eigenvalue weighted by Crippen LogP contribution is 2.38. The number of rotatable bonds is 6. The Morgan fingerprint density at radius 3 is 2.50 bits per heavy atom. The van der Waals surface area contributed by atoms with Gasteiger partial charge in [0, 0.05) is 25.3 Å². The number of amides is 1. The molecule has 0 saturated carbocycles. The van der Waals surface area contributed by atoms with Crippen LogP contribution in [0.2, 0.25) is 5.02 Å². The summed E-state index contributed by atoms with van der Waals surface area (Å²) in [5.74, 6) is -0.549. The van der Waals surface area contributed by atoms with Gasteiger partial charge in [-0.25, -0.2) is 0 Å². The molecule has 30 heavy (non-hydrogen) atoms. The van der Waals surface area contributed by atoms with Crippen molar-refractivity contribution in [3.63, 3.8) is 0 Å². The lowest BCUT2D eigenvalue weighted by Gasteiger charge is -2.31. The smallest absolute Gasteiger partial charge is 0.371 e. The van der Waals surface area contributed by atoms with Crippen molar-refractivity contribution in [1.82, 2.24) is 4.90 Å². The summed E-state index contributed by atoms with van der Waals surface area (Å²) in [6.45, 7) is 2.47. The van der Waals surface area contributed by atoms with Crippen molar-refractivity contribution in [1.29, 1.82) is 0 Å². The van der Waals surface area contributed by atoms with E-state index in [2.05, 4.69) is 16.3 Å². The molecule has 0 aromatic heterocycles. The van der Waals surface area contributed by atoms with Gasteiger partial charge >= 0.3 is 6.18 Å². The van der Waals surface area contributed by atoms with E-state index in [1.54, 1.807) is 11.9 Å². The average Bonchev–Trinajstić information content (AvgIpc) is 2.69. The first-order valence-corrected chi connectivity index (χ1v) is 10.3. The van der Waals surface area contributed by atoms with Crippen LogP contribution >= 0.6 is 11.6 Å². The molecule has 0 radical (unpaired) electrons. The van der Waals surface area contributed by atoms with Gasteiger partial charge in [0.15, 0.2) is 0 Å². The third-order valence-corrected chi connectivity index (χ3v) is 5.44. The number of halogens is 4. The number of alkyl halides is 3. The van der Waals surface area contributed by atoms with Crippen LogP contribution < -0.4 is 10.2 Å². The average molecular weight is 440 g/mol. The van der Waals surface area contributed by atoms with Crippen LogP contribution in [0, 0.1) is 0 Å². The fourth-order valence-corrected chi connectivity index (χ4v) is 3.97. The molecular formula is C22H25ClF3N3O. The second-order valence-electron chi connectivity index (χ2n) is 7.56. The molecule has 1 aliphatic heterocycles. The first kappa shape index (κ1) is 22.4. The van der Waals surface area contributed by atoms with E-state index in [1.807, 2.05) is 18.2 Å². The Morgan fingerprint density at radius 1 is 1.10 bits per heavy atom. The summed E-state index contributed by atoms with van der Waals surface area (Å²) in [6.07, 6.45) is -1.05. The second-order valence-corrected chi connectivity index (χ2v) is 7.96. The fraction of sp³-hybridized carbons (Fsp3) is 0.409. The lowest BCUT2D eigenvalue weighted by atomic mass is 10.1. The van der Waals surface area contributed by atoms with Crippen LogP contribution in [0.15, 0.2) is 42.5 Å². The van der Waals surface area contributed by atoms with Crippen molar-refractivity contribution in [2.75, 3.05) is 36.9 Å². The first-order chi connectivity index (χ1) is 14.3. The van der Waals surface area contributed by atoms with Crippen molar-refractivity contribution in [3.05, 3.63) is 58.6 Å². The standard InChI is InChI=1S/C22H25ClF3N3O/c1-28(14-16-8-3-4-11-19(16)29-12-5-2-6-13-29)15-20(30)27-21-17(22(24,25)26)9-7-10-18(21)23/h3-4,7-11H,2,5-6,12-15H2,1H3,(H,27,30). The van der Waals surface area contributed by atoms with E-state index in [0.717, 1.165) is 43.2 Å². The largest absolute Gasteiger partial charge is 0.418 e. The molecule has 162 valence electrons. The summed E-state index contributed by atoms with van der Waals surface area (Å²) in [6, 6.07) is 11.5. The van der Waals surface area contributed by atoms with Crippen LogP contribution in [0.1, 0.15) is 30.4 Å². The zero-order valence-corrected chi connectivity index (χ0v) is 17.6. The van der Waals surface area contributed by atoms with Crippen LogP contribution in [-0.2, 0) is 17.5 Å². The van der Waals surface area contributed by atoms with Gasteiger partial charge in [0.25, 0.3) is 0 Å². The van der Waals surface area contributed by atoms with Crippen LogP contribution in [0.4, 0.5) is 24.5 Å². The Hall–Kier alpha value is -2.25. The van der Waals surface area contributed by atoms with Gasteiger partial charge in [-0.2, -0.15) is 13.2 Å². The third kappa shape index (κ3) is 5.67. The number of nitrogens with one attached hydrogen (secondary N) is 1. The molecule has 1 saturated heterocycles. The molecule has 4 nitrogen and oxygen atoms in total. The molecule has 0 atom stereocenters. The molecule has 0 aliphatic carbocycles. The predicted molar refractivity (Wildman–Crippen MR) is 114 cm³/mol. The second kappa shape index (κ2) is 9.71. The Kier molecular flexibility index (Phi) is 7.26. The van der Waals surface area contributed by atoms with Gasteiger partial charge < -0.3 is 10.2 Å². The van der Waals surface area contributed by atoms with Gasteiger partial charge in [0.05, 0.1) is 22.8 Å². The highest BCUT2D eigenvalue weighted by molar-refractivity contribution is 6.34. The first-order valence-electron chi connectivity index (χ1n) is 9.92. The number of benzene rings is 2. The monoisotopic (exact) mass is 439 g/mol. The molecule has 1 amide bonds. The SMILES string of the molecule is CN(CC(=O)Nc1c(Cl)cccc1C(F)(F)F)Cc1ccccc1N1CCCCC1. The van der Waals surface area contributed by atoms with E-state index in [-0.39, 0.29) is 11.6 Å². The van der Waals surface area contributed by atoms with Crippen molar-refractivity contribution in [2.24, 2.45) is 0 Å². The van der Waals surface area contributed by atoms with Crippen molar-refractivity contribution >= 4 is 28.9 Å².